The summed E-state index contributed by atoms with van der Waals surface area (Å²) in [6.07, 6.45) is 5.92. The molecule has 0 atom stereocenters. The minimum absolute atomic E-state index is 0.819. The minimum Gasteiger partial charge on any atom is -0.304 e. The van der Waals surface area contributed by atoms with Crippen molar-refractivity contribution in [2.24, 2.45) is 0 Å². The molecule has 0 aliphatic carbocycles. The van der Waals surface area contributed by atoms with Gasteiger partial charge >= 0.3 is 0 Å². The van der Waals surface area contributed by atoms with E-state index >= 15 is 0 Å². The number of nitrogens with zero attached hydrogens (tertiary/aromatic N) is 3. The predicted octanol–water partition coefficient (Wildman–Crippen LogP) is 2.82. The van der Waals surface area contributed by atoms with Crippen LogP contribution in [0.15, 0.2) is 49.7 Å². The number of rotatable bonds is 6. The van der Waals surface area contributed by atoms with E-state index in [4.69, 9.17) is 0 Å². The smallest absolute Gasteiger partial charge is 0.137 e. The lowest BCUT2D eigenvalue weighted by atomic mass is 10.3. The summed E-state index contributed by atoms with van der Waals surface area (Å²) in [5.41, 5.74) is 3.28. The number of hydrogen-bond acceptors (Lipinski definition) is 2. The van der Waals surface area contributed by atoms with Gasteiger partial charge in [-0.25, -0.2) is 4.98 Å². The highest BCUT2D eigenvalue weighted by Gasteiger charge is 2.07. The Balaban J connectivity index is 2.22. The van der Waals surface area contributed by atoms with E-state index in [-0.39, 0.29) is 0 Å². The van der Waals surface area contributed by atoms with Gasteiger partial charge in [-0.1, -0.05) is 18.2 Å². The van der Waals surface area contributed by atoms with E-state index in [9.17, 15) is 0 Å². The zero-order valence-corrected chi connectivity index (χ0v) is 10.8. The van der Waals surface area contributed by atoms with Crippen molar-refractivity contribution >= 4 is 5.65 Å². The van der Waals surface area contributed by atoms with Crippen LogP contribution < -0.4 is 0 Å². The molecule has 0 radical (unpaired) electrons. The van der Waals surface area contributed by atoms with Crippen molar-refractivity contribution in [3.63, 3.8) is 0 Å². The second-order valence-corrected chi connectivity index (χ2v) is 4.40. The summed E-state index contributed by atoms with van der Waals surface area (Å²) in [6.45, 7) is 12.2. The Bertz CT molecular complexity index is 544. The third-order valence-electron chi connectivity index (χ3n) is 2.91. The maximum absolute atomic E-state index is 4.63. The highest BCUT2D eigenvalue weighted by molar-refractivity contribution is 5.41. The number of aryl methyl sites for hydroxylation is 1. The zero-order valence-electron chi connectivity index (χ0n) is 10.8. The average Bonchev–Trinajstić information content (AvgIpc) is 2.74. The van der Waals surface area contributed by atoms with Gasteiger partial charge in [-0.05, 0) is 19.1 Å². The van der Waals surface area contributed by atoms with Crippen LogP contribution in [0.4, 0.5) is 0 Å². The Hall–Kier alpha value is -1.87. The van der Waals surface area contributed by atoms with Crippen molar-refractivity contribution < 1.29 is 0 Å². The first-order valence-corrected chi connectivity index (χ1v) is 6.12. The molecule has 0 amide bonds. The minimum atomic E-state index is 0.819. The molecule has 0 unspecified atom stereocenters. The summed E-state index contributed by atoms with van der Waals surface area (Å²) in [5, 5.41) is 0. The molecule has 0 saturated carbocycles. The van der Waals surface area contributed by atoms with Crippen LogP contribution in [0.25, 0.3) is 5.65 Å². The van der Waals surface area contributed by atoms with Crippen molar-refractivity contribution in [3.05, 3.63) is 61.1 Å². The summed E-state index contributed by atoms with van der Waals surface area (Å²) in [5.74, 6) is 0. The number of pyridine rings is 1. The van der Waals surface area contributed by atoms with Gasteiger partial charge in [-0.2, -0.15) is 0 Å². The first-order valence-electron chi connectivity index (χ1n) is 6.12. The van der Waals surface area contributed by atoms with E-state index in [1.807, 2.05) is 24.3 Å². The van der Waals surface area contributed by atoms with Gasteiger partial charge in [0.1, 0.15) is 5.65 Å². The third-order valence-corrected chi connectivity index (χ3v) is 2.91. The molecule has 0 aromatic carbocycles. The average molecular weight is 241 g/mol. The monoisotopic (exact) mass is 241 g/mol. The van der Waals surface area contributed by atoms with Gasteiger partial charge in [0.25, 0.3) is 0 Å². The number of imidazole rings is 1. The van der Waals surface area contributed by atoms with Crippen LogP contribution in [-0.2, 0) is 6.54 Å². The third kappa shape index (κ3) is 2.68. The van der Waals surface area contributed by atoms with Gasteiger partial charge in [0.2, 0.25) is 0 Å². The lowest BCUT2D eigenvalue weighted by Crippen LogP contribution is -2.23. The van der Waals surface area contributed by atoms with Crippen LogP contribution in [0.5, 0.6) is 0 Å². The fourth-order valence-electron chi connectivity index (χ4n) is 2.07. The summed E-state index contributed by atoms with van der Waals surface area (Å²) >= 11 is 0. The van der Waals surface area contributed by atoms with Gasteiger partial charge in [0.05, 0.1) is 5.69 Å². The van der Waals surface area contributed by atoms with Gasteiger partial charge in [0, 0.05) is 31.5 Å². The second-order valence-electron chi connectivity index (χ2n) is 4.40. The van der Waals surface area contributed by atoms with Crippen molar-refractivity contribution in [2.75, 3.05) is 13.1 Å². The fraction of sp³-hybridized carbons (Fsp3) is 0.267. The summed E-state index contributed by atoms with van der Waals surface area (Å²) < 4.78 is 2.12. The quantitative estimate of drug-likeness (QED) is 0.725. The van der Waals surface area contributed by atoms with Crippen LogP contribution in [-0.4, -0.2) is 27.4 Å². The highest BCUT2D eigenvalue weighted by Crippen LogP contribution is 2.10. The maximum Gasteiger partial charge on any atom is 0.137 e. The van der Waals surface area contributed by atoms with Crippen LogP contribution >= 0.6 is 0 Å². The van der Waals surface area contributed by atoms with Crippen LogP contribution in [0.2, 0.25) is 0 Å². The Morgan fingerprint density at radius 1 is 1.28 bits per heavy atom. The SMILES string of the molecule is C=CCN(CC=C)Cc1cn2c(C)cccc2n1. The van der Waals surface area contributed by atoms with Crippen LogP contribution in [0, 0.1) is 6.92 Å². The van der Waals surface area contributed by atoms with Crippen LogP contribution in [0.3, 0.4) is 0 Å². The molecule has 2 aromatic heterocycles. The normalized spacial score (nSPS) is 11.0. The lowest BCUT2D eigenvalue weighted by Gasteiger charge is -2.16. The summed E-state index contributed by atoms with van der Waals surface area (Å²) in [6, 6.07) is 6.15. The molecule has 2 heterocycles. The van der Waals surface area contributed by atoms with Gasteiger partial charge in [-0.15, -0.1) is 13.2 Å². The predicted molar refractivity (Wildman–Crippen MR) is 75.6 cm³/mol. The molecule has 0 fully saturated rings. The number of aromatic nitrogens is 2. The summed E-state index contributed by atoms with van der Waals surface area (Å²) in [7, 11) is 0. The Kier molecular flexibility index (Phi) is 3.95. The van der Waals surface area contributed by atoms with Crippen molar-refractivity contribution in [2.45, 2.75) is 13.5 Å². The molecule has 0 aliphatic rings. The molecule has 94 valence electrons. The molecule has 3 heteroatoms. The van der Waals surface area contributed by atoms with E-state index in [1.54, 1.807) is 0 Å². The van der Waals surface area contributed by atoms with E-state index in [0.29, 0.717) is 0 Å². The van der Waals surface area contributed by atoms with Gasteiger partial charge in [-0.3, -0.25) is 4.90 Å². The Morgan fingerprint density at radius 3 is 2.61 bits per heavy atom. The molecular formula is C15H19N3. The van der Waals surface area contributed by atoms with E-state index in [0.717, 1.165) is 31.0 Å². The first-order chi connectivity index (χ1) is 8.74. The van der Waals surface area contributed by atoms with E-state index in [2.05, 4.69) is 46.6 Å². The topological polar surface area (TPSA) is 20.5 Å². The lowest BCUT2D eigenvalue weighted by molar-refractivity contribution is 0.324. The molecule has 0 saturated heterocycles. The standard InChI is InChI=1S/C15H19N3/c1-4-9-17(10-5-2)11-14-12-18-13(3)7-6-8-15(18)16-14/h4-8,12H,1-2,9-11H2,3H3. The molecule has 3 nitrogen and oxygen atoms in total. The molecule has 0 bridgehead atoms. The molecule has 2 rings (SSSR count). The molecule has 2 aromatic rings. The molecular weight excluding hydrogens is 222 g/mol. The summed E-state index contributed by atoms with van der Waals surface area (Å²) in [4.78, 5) is 6.88. The van der Waals surface area contributed by atoms with Gasteiger partial charge < -0.3 is 4.40 Å². The van der Waals surface area contributed by atoms with Crippen molar-refractivity contribution in [1.82, 2.24) is 14.3 Å². The highest BCUT2D eigenvalue weighted by atomic mass is 15.1. The maximum atomic E-state index is 4.63. The molecule has 0 aliphatic heterocycles. The van der Waals surface area contributed by atoms with Crippen molar-refractivity contribution in [1.29, 1.82) is 0 Å². The van der Waals surface area contributed by atoms with Crippen molar-refractivity contribution in [3.8, 4) is 0 Å². The Labute approximate surface area is 108 Å². The molecule has 0 N–H and O–H groups in total. The fourth-order valence-corrected chi connectivity index (χ4v) is 2.07. The molecule has 18 heavy (non-hydrogen) atoms. The largest absolute Gasteiger partial charge is 0.304 e. The van der Waals surface area contributed by atoms with Gasteiger partial charge in [0.15, 0.2) is 0 Å². The van der Waals surface area contributed by atoms with E-state index < -0.39 is 0 Å². The first kappa shape index (κ1) is 12.6. The second kappa shape index (κ2) is 5.65. The number of hydrogen-bond donors (Lipinski definition) is 0. The van der Waals surface area contributed by atoms with Crippen LogP contribution in [0.1, 0.15) is 11.4 Å². The Morgan fingerprint density at radius 2 is 2.00 bits per heavy atom. The van der Waals surface area contributed by atoms with E-state index in [1.165, 1.54) is 5.69 Å². The zero-order chi connectivity index (χ0) is 13.0. The molecule has 0 spiro atoms. The number of fused-ring (bicyclic) bond motifs is 1.